The Hall–Kier alpha value is 5.22. The summed E-state index contributed by atoms with van der Waals surface area (Å²) in [7, 11) is -4.15. The van der Waals surface area contributed by atoms with Crippen molar-refractivity contribution in [1.82, 2.24) is 0 Å². The minimum absolute atomic E-state index is 0. The van der Waals surface area contributed by atoms with Gasteiger partial charge in [0.05, 0.1) is 0 Å². The van der Waals surface area contributed by atoms with E-state index in [-0.39, 0.29) is 160 Å². The Morgan fingerprint density at radius 2 is 1.11 bits per heavy atom. The third-order valence-corrected chi connectivity index (χ3v) is 1.16. The van der Waals surface area contributed by atoms with Crippen LogP contribution in [0.4, 0.5) is 0 Å². The predicted molar refractivity (Wildman–Crippen MR) is 17.5 cm³/mol. The minimum Gasteiger partial charge on any atom is -0.688 e. The summed E-state index contributed by atoms with van der Waals surface area (Å²) in [4.78, 5) is 28.4. The van der Waals surface area contributed by atoms with Crippen LogP contribution in [0, 0.1) is 0 Å². The standard InChI is InChI=1S/C2H7O3P.3K/c1-2-6(3,4)5;;;/h2H2,1H3,(H2,3,4,5);;;/q;3*+1/p-2. The molecule has 3 nitrogen and oxygen atoms in total. The van der Waals surface area contributed by atoms with Gasteiger partial charge in [0.2, 0.25) is 0 Å². The van der Waals surface area contributed by atoms with Crippen molar-refractivity contribution in [3.8, 4) is 0 Å². The average molecular weight is 225 g/mol. The first-order valence-electron chi connectivity index (χ1n) is 1.57. The molecule has 7 heteroatoms. The molecule has 0 fully saturated rings. The van der Waals surface area contributed by atoms with Crippen LogP contribution in [-0.2, 0) is 0 Å². The summed E-state index contributed by atoms with van der Waals surface area (Å²) in [5.74, 6) is 0. The fourth-order valence-corrected chi connectivity index (χ4v) is 0. The zero-order valence-electron chi connectivity index (χ0n) is 6.38. The van der Waals surface area contributed by atoms with Crippen molar-refractivity contribution in [3.63, 3.8) is 0 Å². The van der Waals surface area contributed by atoms with Crippen molar-refractivity contribution in [2.45, 2.75) is 6.92 Å². The van der Waals surface area contributed by atoms with Gasteiger partial charge < -0.3 is 14.7 Å². The predicted octanol–water partition coefficient (Wildman–Crippen LogP) is -11.1. The molecule has 0 amide bonds. The fraction of sp³-hybridized carbons (Fsp3) is 1.00. The first kappa shape index (κ1) is 23.8. The first-order chi connectivity index (χ1) is 2.56. The van der Waals surface area contributed by atoms with Gasteiger partial charge in [-0.1, -0.05) is 0 Å². The maximum absolute atomic E-state index is 9.47. The van der Waals surface area contributed by atoms with E-state index in [1.165, 1.54) is 6.92 Å². The number of hydrogen-bond acceptors (Lipinski definition) is 3. The summed E-state index contributed by atoms with van der Waals surface area (Å²) in [5, 5.41) is 0. The summed E-state index contributed by atoms with van der Waals surface area (Å²) >= 11 is 0. The van der Waals surface area contributed by atoms with Crippen molar-refractivity contribution in [2.75, 3.05) is 6.16 Å². The maximum atomic E-state index is 9.47. The fourth-order valence-electron chi connectivity index (χ4n) is 0. The van der Waals surface area contributed by atoms with E-state index in [0.29, 0.717) is 0 Å². The van der Waals surface area contributed by atoms with Gasteiger partial charge in [-0.25, -0.2) is 0 Å². The Balaban J connectivity index is -0.0000000417. The molecule has 0 aromatic heterocycles. The van der Waals surface area contributed by atoms with Gasteiger partial charge >= 0.3 is 154 Å². The van der Waals surface area contributed by atoms with Crippen molar-refractivity contribution in [3.05, 3.63) is 0 Å². The summed E-state index contributed by atoms with van der Waals surface area (Å²) in [6.07, 6.45) is -0.285. The van der Waals surface area contributed by atoms with Crippen LogP contribution in [0.2, 0.25) is 0 Å². The third kappa shape index (κ3) is 24.6. The molecule has 0 spiro atoms. The molecule has 0 aliphatic carbocycles. The number of hydrogen-bond donors (Lipinski definition) is 0. The Kier molecular flexibility index (Phi) is 34.9. The van der Waals surface area contributed by atoms with E-state index >= 15 is 0 Å². The largest absolute Gasteiger partial charge is 1.00 e. The molecule has 0 heterocycles. The van der Waals surface area contributed by atoms with E-state index in [4.69, 9.17) is 0 Å². The summed E-state index contributed by atoms with van der Waals surface area (Å²) in [6, 6.07) is 0. The van der Waals surface area contributed by atoms with E-state index in [1.54, 1.807) is 0 Å². The molecule has 9 heavy (non-hydrogen) atoms. The molecule has 0 aliphatic heterocycles. The van der Waals surface area contributed by atoms with Gasteiger partial charge in [-0.15, -0.1) is 0 Å². The minimum atomic E-state index is -4.15. The first-order valence-corrected chi connectivity index (χ1v) is 3.30. The van der Waals surface area contributed by atoms with Crippen LogP contribution >= 0.6 is 7.94 Å². The topological polar surface area (TPSA) is 69.2 Å². The van der Waals surface area contributed by atoms with Gasteiger partial charge in [0.25, 0.3) is 0 Å². The van der Waals surface area contributed by atoms with Gasteiger partial charge in [-0.3, -0.25) is 0 Å². The molecule has 0 N–H and O–H groups in total. The molecule has 0 aliphatic rings. The summed E-state index contributed by atoms with van der Waals surface area (Å²) in [5.41, 5.74) is 0. The Labute approximate surface area is 184 Å². The second kappa shape index (κ2) is 13.2. The molecule has 0 unspecified atom stereocenters. The van der Waals surface area contributed by atoms with Crippen LogP contribution in [-0.4, -0.2) is 6.16 Å². The molecule has 0 saturated carbocycles. The second-order valence-electron chi connectivity index (χ2n) is 0.927. The van der Waals surface area contributed by atoms with Gasteiger partial charge in [0.15, 0.2) is 0 Å². The van der Waals surface area contributed by atoms with Crippen molar-refractivity contribution in [1.29, 1.82) is 0 Å². The molecule has 0 rings (SSSR count). The Morgan fingerprint density at radius 3 is 1.11 bits per heavy atom. The molecule has 38 valence electrons. The van der Waals surface area contributed by atoms with Crippen LogP contribution in [0.1, 0.15) is 6.92 Å². The normalized spacial score (nSPS) is 8.00. The zero-order valence-corrected chi connectivity index (χ0v) is 16.6. The monoisotopic (exact) mass is 225 g/mol. The van der Waals surface area contributed by atoms with Crippen LogP contribution < -0.4 is 169 Å². The van der Waals surface area contributed by atoms with E-state index in [9.17, 15) is 14.7 Å². The molecule has 0 aromatic rings. The second-order valence-corrected chi connectivity index (χ2v) is 2.78. The molecule has 0 bridgehead atoms. The number of rotatable bonds is 1. The Bertz CT molecular complexity index is 46.8. The Morgan fingerprint density at radius 1 is 1.00 bits per heavy atom. The molecule has 0 aromatic carbocycles. The van der Waals surface area contributed by atoms with Gasteiger partial charge in [-0.2, -0.15) is 7.94 Å². The summed E-state index contributed by atoms with van der Waals surface area (Å²) < 4.78 is 0. The van der Waals surface area contributed by atoms with Gasteiger partial charge in [-0.05, 0) is 6.92 Å². The SMILES string of the molecule is CC[P+]([O-])([O-])[O-].[K+].[K+].[K+]. The van der Waals surface area contributed by atoms with Crippen molar-refractivity contribution >= 4 is 7.94 Å². The maximum Gasteiger partial charge on any atom is 1.00 e. The van der Waals surface area contributed by atoms with Crippen molar-refractivity contribution < 1.29 is 169 Å². The third-order valence-electron chi connectivity index (χ3n) is 0.387. The molecular weight excluding hydrogens is 220 g/mol. The zero-order chi connectivity index (χ0) is 5.21. The molecule has 0 atom stereocenters. The van der Waals surface area contributed by atoms with E-state index in [0.717, 1.165) is 0 Å². The average Bonchev–Trinajstić information content (AvgIpc) is 1.35. The van der Waals surface area contributed by atoms with E-state index in [2.05, 4.69) is 0 Å². The molecule has 0 saturated heterocycles. The van der Waals surface area contributed by atoms with Crippen molar-refractivity contribution in [2.24, 2.45) is 0 Å². The quantitative estimate of drug-likeness (QED) is 0.329. The van der Waals surface area contributed by atoms with E-state index < -0.39 is 7.94 Å². The van der Waals surface area contributed by atoms with Crippen LogP contribution in [0.3, 0.4) is 0 Å². The molecule has 0 radical (unpaired) electrons. The van der Waals surface area contributed by atoms with Crippen LogP contribution in [0.25, 0.3) is 0 Å². The smallest absolute Gasteiger partial charge is 0.688 e. The van der Waals surface area contributed by atoms with Gasteiger partial charge in [0.1, 0.15) is 0 Å². The summed E-state index contributed by atoms with van der Waals surface area (Å²) in [6.45, 7) is 1.32. The van der Waals surface area contributed by atoms with Gasteiger partial charge in [0, 0.05) is 6.16 Å². The molecular formula is C2H5K3O3P+. The van der Waals surface area contributed by atoms with Crippen LogP contribution in [0.15, 0.2) is 0 Å². The van der Waals surface area contributed by atoms with E-state index in [1.807, 2.05) is 0 Å². The van der Waals surface area contributed by atoms with Crippen LogP contribution in [0.5, 0.6) is 0 Å².